The number of aromatic nitrogens is 2. The molecule has 0 bridgehead atoms. The average Bonchev–Trinajstić information content (AvgIpc) is 2.47. The second-order valence-electron chi connectivity index (χ2n) is 4.61. The molecular formula is C11H15BrN4O4S. The monoisotopic (exact) mass is 378 g/mol. The molecule has 8 nitrogen and oxygen atoms in total. The molecule has 1 atom stereocenters. The van der Waals surface area contributed by atoms with Gasteiger partial charge < -0.3 is 10.0 Å². The molecular weight excluding hydrogens is 364 g/mol. The van der Waals surface area contributed by atoms with E-state index in [2.05, 4.69) is 25.9 Å². The SMILES string of the molecule is CC(C(=O)O)S(=O)(=O)N1CCN(c2ncc(Br)cn2)CC1. The zero-order valence-corrected chi connectivity index (χ0v) is 13.7. The third-order valence-corrected chi connectivity index (χ3v) is 5.87. The minimum atomic E-state index is -3.81. The Bertz CT molecular complexity index is 614. The highest BCUT2D eigenvalue weighted by molar-refractivity contribution is 9.10. The second kappa shape index (κ2) is 6.24. The molecule has 0 saturated carbocycles. The lowest BCUT2D eigenvalue weighted by molar-refractivity contribution is -0.136. The highest BCUT2D eigenvalue weighted by Crippen LogP contribution is 2.17. The number of piperazine rings is 1. The smallest absolute Gasteiger partial charge is 0.323 e. The first-order valence-electron chi connectivity index (χ1n) is 6.26. The van der Waals surface area contributed by atoms with Crippen LogP contribution in [0.4, 0.5) is 5.95 Å². The van der Waals surface area contributed by atoms with Gasteiger partial charge in [-0.25, -0.2) is 18.4 Å². The molecule has 10 heteroatoms. The Balaban J connectivity index is 2.03. The summed E-state index contributed by atoms with van der Waals surface area (Å²) in [6, 6.07) is 0. The summed E-state index contributed by atoms with van der Waals surface area (Å²) in [5.74, 6) is -0.810. The Morgan fingerprint density at radius 3 is 2.29 bits per heavy atom. The molecule has 1 fully saturated rings. The van der Waals surface area contributed by atoms with Gasteiger partial charge in [0.05, 0.1) is 4.47 Å². The Kier molecular flexibility index (Phi) is 4.79. The van der Waals surface area contributed by atoms with E-state index in [-0.39, 0.29) is 13.1 Å². The van der Waals surface area contributed by atoms with Gasteiger partial charge in [-0.15, -0.1) is 0 Å². The molecule has 1 aliphatic rings. The maximum atomic E-state index is 12.1. The minimum absolute atomic E-state index is 0.222. The molecule has 21 heavy (non-hydrogen) atoms. The van der Waals surface area contributed by atoms with Crippen LogP contribution >= 0.6 is 15.9 Å². The number of hydrogen-bond acceptors (Lipinski definition) is 6. The molecule has 2 rings (SSSR count). The highest BCUT2D eigenvalue weighted by Gasteiger charge is 2.35. The number of nitrogens with zero attached hydrogens (tertiary/aromatic N) is 4. The van der Waals surface area contributed by atoms with Crippen LogP contribution in [-0.4, -0.2) is 65.2 Å². The van der Waals surface area contributed by atoms with Crippen LogP contribution in [0.3, 0.4) is 0 Å². The van der Waals surface area contributed by atoms with E-state index in [1.807, 2.05) is 4.90 Å². The van der Waals surface area contributed by atoms with Crippen LogP contribution in [-0.2, 0) is 14.8 Å². The zero-order valence-electron chi connectivity index (χ0n) is 11.3. The summed E-state index contributed by atoms with van der Waals surface area (Å²) in [7, 11) is -3.81. The van der Waals surface area contributed by atoms with Crippen LogP contribution in [0.1, 0.15) is 6.92 Å². The standard InChI is InChI=1S/C11H15BrN4O4S/c1-8(10(17)18)21(19,20)16-4-2-15(3-5-16)11-13-6-9(12)7-14-11/h6-8H,2-5H2,1H3,(H,17,18). The van der Waals surface area contributed by atoms with Crippen molar-refractivity contribution in [1.29, 1.82) is 0 Å². The number of halogens is 1. The van der Waals surface area contributed by atoms with Crippen molar-refractivity contribution in [3.63, 3.8) is 0 Å². The van der Waals surface area contributed by atoms with Gasteiger partial charge in [-0.05, 0) is 22.9 Å². The fraction of sp³-hybridized carbons (Fsp3) is 0.545. The summed E-state index contributed by atoms with van der Waals surface area (Å²) in [4.78, 5) is 21.0. The summed E-state index contributed by atoms with van der Waals surface area (Å²) in [6.45, 7) is 2.47. The Hall–Kier alpha value is -1.26. The molecule has 116 valence electrons. The molecule has 1 aromatic rings. The lowest BCUT2D eigenvalue weighted by Crippen LogP contribution is -2.52. The van der Waals surface area contributed by atoms with E-state index in [1.54, 1.807) is 12.4 Å². The number of carbonyl (C=O) groups is 1. The van der Waals surface area contributed by atoms with Gasteiger partial charge in [-0.2, -0.15) is 4.31 Å². The predicted molar refractivity (Wildman–Crippen MR) is 79.5 cm³/mol. The van der Waals surface area contributed by atoms with Crippen molar-refractivity contribution in [1.82, 2.24) is 14.3 Å². The summed E-state index contributed by atoms with van der Waals surface area (Å²) in [6.07, 6.45) is 3.25. The van der Waals surface area contributed by atoms with E-state index in [9.17, 15) is 13.2 Å². The molecule has 2 heterocycles. The molecule has 0 aromatic carbocycles. The van der Waals surface area contributed by atoms with Gasteiger partial charge in [0.25, 0.3) is 0 Å². The van der Waals surface area contributed by atoms with E-state index in [0.717, 1.165) is 4.47 Å². The maximum absolute atomic E-state index is 12.1. The van der Waals surface area contributed by atoms with Crippen LogP contribution in [0.15, 0.2) is 16.9 Å². The van der Waals surface area contributed by atoms with E-state index >= 15 is 0 Å². The summed E-state index contributed by atoms with van der Waals surface area (Å²) >= 11 is 3.25. The first-order valence-corrected chi connectivity index (χ1v) is 8.56. The fourth-order valence-electron chi connectivity index (χ4n) is 1.96. The van der Waals surface area contributed by atoms with Gasteiger partial charge in [0.15, 0.2) is 5.25 Å². The molecule has 0 amide bonds. The van der Waals surface area contributed by atoms with Gasteiger partial charge in [-0.1, -0.05) is 0 Å². The van der Waals surface area contributed by atoms with Crippen molar-refractivity contribution in [2.45, 2.75) is 12.2 Å². The van der Waals surface area contributed by atoms with Crippen LogP contribution in [0.5, 0.6) is 0 Å². The maximum Gasteiger partial charge on any atom is 0.323 e. The quantitative estimate of drug-likeness (QED) is 0.795. The van der Waals surface area contributed by atoms with Gasteiger partial charge in [0, 0.05) is 38.6 Å². The first-order chi connectivity index (χ1) is 9.82. The Morgan fingerprint density at radius 1 is 1.29 bits per heavy atom. The number of aliphatic carboxylic acids is 1. The van der Waals surface area contributed by atoms with E-state index in [1.165, 1.54) is 11.2 Å². The fourth-order valence-corrected chi connectivity index (χ4v) is 3.54. The van der Waals surface area contributed by atoms with E-state index < -0.39 is 21.2 Å². The van der Waals surface area contributed by atoms with Gasteiger partial charge in [0.1, 0.15) is 0 Å². The molecule has 1 N–H and O–H groups in total. The molecule has 1 unspecified atom stereocenters. The molecule has 0 radical (unpaired) electrons. The Morgan fingerprint density at radius 2 is 1.81 bits per heavy atom. The summed E-state index contributed by atoms with van der Waals surface area (Å²) in [5, 5.41) is 7.43. The summed E-state index contributed by atoms with van der Waals surface area (Å²) < 4.78 is 26.2. The molecule has 0 spiro atoms. The summed E-state index contributed by atoms with van der Waals surface area (Å²) in [5.41, 5.74) is 0. The number of carboxylic acid groups (broad SMARTS) is 1. The Labute approximate surface area is 131 Å². The largest absolute Gasteiger partial charge is 0.480 e. The number of carboxylic acids is 1. The van der Waals surface area contributed by atoms with Crippen molar-refractivity contribution < 1.29 is 18.3 Å². The van der Waals surface area contributed by atoms with Crippen molar-refractivity contribution in [2.75, 3.05) is 31.1 Å². The van der Waals surface area contributed by atoms with Crippen LogP contribution in [0, 0.1) is 0 Å². The van der Waals surface area contributed by atoms with Crippen molar-refractivity contribution >= 4 is 37.9 Å². The minimum Gasteiger partial charge on any atom is -0.480 e. The molecule has 1 aromatic heterocycles. The van der Waals surface area contributed by atoms with Crippen molar-refractivity contribution in [3.05, 3.63) is 16.9 Å². The molecule has 0 aliphatic carbocycles. The third kappa shape index (κ3) is 3.50. The molecule has 1 aliphatic heterocycles. The van der Waals surface area contributed by atoms with Crippen LogP contribution in [0.2, 0.25) is 0 Å². The van der Waals surface area contributed by atoms with E-state index in [4.69, 9.17) is 5.11 Å². The lowest BCUT2D eigenvalue weighted by atomic mass is 10.4. The van der Waals surface area contributed by atoms with Crippen molar-refractivity contribution in [2.24, 2.45) is 0 Å². The number of rotatable bonds is 4. The second-order valence-corrected chi connectivity index (χ2v) is 7.78. The lowest BCUT2D eigenvalue weighted by Gasteiger charge is -2.34. The van der Waals surface area contributed by atoms with E-state index in [0.29, 0.717) is 19.0 Å². The predicted octanol–water partition coefficient (Wildman–Crippen LogP) is 0.164. The normalized spacial score (nSPS) is 18.5. The van der Waals surface area contributed by atoms with Gasteiger partial charge in [-0.3, -0.25) is 4.79 Å². The highest BCUT2D eigenvalue weighted by atomic mass is 79.9. The average molecular weight is 379 g/mol. The first kappa shape index (κ1) is 16.1. The van der Waals surface area contributed by atoms with Gasteiger partial charge in [0.2, 0.25) is 16.0 Å². The van der Waals surface area contributed by atoms with Gasteiger partial charge >= 0.3 is 5.97 Å². The van der Waals surface area contributed by atoms with Crippen molar-refractivity contribution in [3.8, 4) is 0 Å². The topological polar surface area (TPSA) is 104 Å². The third-order valence-electron chi connectivity index (χ3n) is 3.28. The van der Waals surface area contributed by atoms with Crippen LogP contribution in [0.25, 0.3) is 0 Å². The number of anilines is 1. The molecule has 1 saturated heterocycles. The zero-order chi connectivity index (χ0) is 15.6. The van der Waals surface area contributed by atoms with Crippen LogP contribution < -0.4 is 4.90 Å². The number of hydrogen-bond donors (Lipinski definition) is 1. The number of sulfonamides is 1.